The van der Waals surface area contributed by atoms with E-state index in [2.05, 4.69) is 39.2 Å². The highest BCUT2D eigenvalue weighted by atomic mass is 16.6. The number of allylic oxidation sites excluding steroid dienone is 4. The van der Waals surface area contributed by atoms with E-state index in [1.54, 1.807) is 81.1 Å². The van der Waals surface area contributed by atoms with Crippen molar-refractivity contribution in [3.63, 3.8) is 0 Å². The van der Waals surface area contributed by atoms with Crippen molar-refractivity contribution in [3.8, 4) is 0 Å². The number of likely N-dealkylation sites (tertiary alicyclic amines) is 1. The summed E-state index contributed by atoms with van der Waals surface area (Å²) in [5, 5.41) is 15.3. The second-order valence-corrected chi connectivity index (χ2v) is 27.0. The fourth-order valence-corrected chi connectivity index (χ4v) is 10.4. The predicted octanol–water partition coefficient (Wildman–Crippen LogP) is 8.89. The molecule has 5 rings (SSSR count). The standard InChI is InChI=1S/C65H96N8O10/c1-40-25-19-18-20-29-47(30-23-26-40)66-57(77)51-38-46(39-73(51)59(79)53(63(7,8)9)70-55(75)42(3)72(17)61(81)83-65(13,14)15)44-35-33-43(34-36-44)37-50(56(76)67-49-32-24-28-45-27-21-22-31-48(45)49)68-58(78)52(62(4,5)6)69-54(74)41(2)71(16)60(80)82-64(10,11)12/h18-22,25,27,31,33-36,41-42,46-47,49-53H,1,23-24,26,28-30,32,37-39H2,2-17H3,(H,66,77)(H,67,76)(H,68,78)(H,69,74)(H,70,75)/b20-18-,25-19-/t41-,42-,46-,47-,49+,50-,51-,52+,53+/m0/s1. The molecule has 9 atom stereocenters. The molecule has 8 amide bonds. The molecular weight excluding hydrogens is 1050 g/mol. The number of benzene rings is 2. The molecule has 18 nitrogen and oxygen atoms in total. The fraction of sp³-hybridized carbons (Fsp3) is 0.600. The maximum atomic E-state index is 15.2. The Kier molecular flexibility index (Phi) is 22.6. The van der Waals surface area contributed by atoms with Gasteiger partial charge in [-0.2, -0.15) is 0 Å². The van der Waals surface area contributed by atoms with Gasteiger partial charge in [-0.15, -0.1) is 0 Å². The highest BCUT2D eigenvalue weighted by Gasteiger charge is 2.46. The van der Waals surface area contributed by atoms with Gasteiger partial charge in [0.2, 0.25) is 35.4 Å². The van der Waals surface area contributed by atoms with Crippen molar-refractivity contribution in [3.05, 3.63) is 107 Å². The Morgan fingerprint density at radius 3 is 1.78 bits per heavy atom. The Morgan fingerprint density at radius 1 is 0.663 bits per heavy atom. The zero-order valence-corrected chi connectivity index (χ0v) is 52.3. The van der Waals surface area contributed by atoms with Crippen LogP contribution in [0.25, 0.3) is 0 Å². The van der Waals surface area contributed by atoms with Gasteiger partial charge in [0.25, 0.3) is 0 Å². The smallest absolute Gasteiger partial charge is 0.410 e. The predicted molar refractivity (Wildman–Crippen MR) is 323 cm³/mol. The normalized spacial score (nSPS) is 21.2. The summed E-state index contributed by atoms with van der Waals surface area (Å²) in [4.78, 5) is 117. The van der Waals surface area contributed by atoms with Crippen molar-refractivity contribution in [2.24, 2.45) is 10.8 Å². The molecule has 2 aliphatic carbocycles. The summed E-state index contributed by atoms with van der Waals surface area (Å²) in [6.45, 7) is 28.7. The van der Waals surface area contributed by atoms with Crippen LogP contribution in [0.15, 0.2) is 85.0 Å². The largest absolute Gasteiger partial charge is 0.444 e. The summed E-state index contributed by atoms with van der Waals surface area (Å²) in [6, 6.07) is 8.86. The average molecular weight is 1150 g/mol. The van der Waals surface area contributed by atoms with Crippen LogP contribution < -0.4 is 26.6 Å². The van der Waals surface area contributed by atoms with Gasteiger partial charge < -0.3 is 41.0 Å². The number of rotatable bonds is 16. The Labute approximate surface area is 493 Å². The number of aryl methyl sites for hydroxylation is 1. The van der Waals surface area contributed by atoms with Crippen LogP contribution in [0.4, 0.5) is 9.59 Å². The lowest BCUT2D eigenvalue weighted by atomic mass is 9.85. The van der Waals surface area contributed by atoms with E-state index in [-0.39, 0.29) is 43.3 Å². The van der Waals surface area contributed by atoms with Gasteiger partial charge in [0.05, 0.1) is 6.04 Å². The quantitative estimate of drug-likeness (QED) is 0.107. The van der Waals surface area contributed by atoms with Crippen LogP contribution in [-0.2, 0) is 51.1 Å². The molecule has 2 aromatic rings. The third-order valence-corrected chi connectivity index (χ3v) is 15.6. The van der Waals surface area contributed by atoms with Crippen LogP contribution in [0.5, 0.6) is 0 Å². The topological polar surface area (TPSA) is 225 Å². The van der Waals surface area contributed by atoms with E-state index >= 15 is 4.79 Å². The minimum atomic E-state index is -1.13. The monoisotopic (exact) mass is 1150 g/mol. The molecule has 0 bridgehead atoms. The van der Waals surface area contributed by atoms with E-state index in [9.17, 15) is 33.6 Å². The Morgan fingerprint density at radius 2 is 1.22 bits per heavy atom. The molecular formula is C65H96N8O10. The molecule has 1 aliphatic heterocycles. The zero-order chi connectivity index (χ0) is 61.9. The molecule has 1 heterocycles. The summed E-state index contributed by atoms with van der Waals surface area (Å²) < 4.78 is 11.0. The van der Waals surface area contributed by atoms with Crippen LogP contribution in [-0.4, -0.2) is 136 Å². The summed E-state index contributed by atoms with van der Waals surface area (Å²) in [7, 11) is 2.92. The Bertz CT molecular complexity index is 2730. The van der Waals surface area contributed by atoms with Gasteiger partial charge in [0.1, 0.15) is 47.5 Å². The van der Waals surface area contributed by atoms with Gasteiger partial charge in [-0.25, -0.2) is 9.59 Å². The first-order valence-corrected chi connectivity index (χ1v) is 29.5. The molecule has 2 aromatic carbocycles. The number of hydrogen-bond acceptors (Lipinski definition) is 10. The van der Waals surface area contributed by atoms with Gasteiger partial charge in [0.15, 0.2) is 0 Å². The van der Waals surface area contributed by atoms with Crippen molar-refractivity contribution < 1.29 is 47.8 Å². The highest BCUT2D eigenvalue weighted by Crippen LogP contribution is 2.36. The molecule has 1 saturated heterocycles. The second-order valence-electron chi connectivity index (χ2n) is 27.0. The SMILES string of the molecule is C=C1/C=C\C=C/C[C@H](NC(=O)[C@@H]2C[C@H](c3ccc(C[C@H](NC(=O)[C@@H](NC(=O)[C@H](C)N(C)C(=O)OC(C)(C)C)C(C)(C)C)C(=O)N[C@@H]4CCCc5ccccc54)cc3)CN2C(=O)[C@@H](NC(=O)[C@H](C)N(C)C(=O)OC(C)(C)C)C(C)(C)C)CCC1. The number of hydrogen-bond donors (Lipinski definition) is 5. The number of fused-ring (bicyclic) bond motifs is 1. The molecule has 0 aromatic heterocycles. The number of amides is 8. The lowest BCUT2D eigenvalue weighted by Crippen LogP contribution is -2.60. The van der Waals surface area contributed by atoms with E-state index in [0.29, 0.717) is 24.8 Å². The first-order chi connectivity index (χ1) is 38.5. The highest BCUT2D eigenvalue weighted by molar-refractivity contribution is 5.96. The van der Waals surface area contributed by atoms with Crippen molar-refractivity contribution in [1.82, 2.24) is 41.3 Å². The van der Waals surface area contributed by atoms with E-state index in [4.69, 9.17) is 9.47 Å². The molecule has 0 saturated carbocycles. The fourth-order valence-electron chi connectivity index (χ4n) is 10.4. The first kappa shape index (κ1) is 66.8. The van der Waals surface area contributed by atoms with E-state index < -0.39 is 100 Å². The third-order valence-electron chi connectivity index (χ3n) is 15.6. The minimum absolute atomic E-state index is 0.0720. The molecule has 1 fully saturated rings. The maximum absolute atomic E-state index is 15.2. The molecule has 0 radical (unpaired) electrons. The van der Waals surface area contributed by atoms with Gasteiger partial charge in [-0.05, 0) is 140 Å². The number of likely N-dealkylation sites (N-methyl/N-ethyl adjacent to an activating group) is 2. The summed E-state index contributed by atoms with van der Waals surface area (Å²) in [5.41, 5.74) is 1.44. The van der Waals surface area contributed by atoms with Gasteiger partial charge in [0, 0.05) is 39.0 Å². The Hall–Kier alpha value is -6.98. The Balaban J connectivity index is 1.45. The molecule has 83 heavy (non-hydrogen) atoms. The van der Waals surface area contributed by atoms with E-state index in [1.165, 1.54) is 23.9 Å². The third kappa shape index (κ3) is 19.3. The van der Waals surface area contributed by atoms with Crippen LogP contribution >= 0.6 is 0 Å². The van der Waals surface area contributed by atoms with Crippen molar-refractivity contribution in [2.45, 2.75) is 220 Å². The van der Waals surface area contributed by atoms with Gasteiger partial charge in [-0.3, -0.25) is 38.6 Å². The number of nitrogens with one attached hydrogen (secondary N) is 5. The second kappa shape index (κ2) is 28.1. The first-order valence-electron chi connectivity index (χ1n) is 29.5. The van der Waals surface area contributed by atoms with Gasteiger partial charge in [-0.1, -0.05) is 127 Å². The van der Waals surface area contributed by atoms with Crippen LogP contribution in [0.1, 0.15) is 176 Å². The van der Waals surface area contributed by atoms with Crippen molar-refractivity contribution >= 4 is 47.6 Å². The van der Waals surface area contributed by atoms with Crippen molar-refractivity contribution in [1.29, 1.82) is 0 Å². The zero-order valence-electron chi connectivity index (χ0n) is 52.3. The van der Waals surface area contributed by atoms with Crippen molar-refractivity contribution in [2.75, 3.05) is 20.6 Å². The summed E-state index contributed by atoms with van der Waals surface area (Å²) in [6.07, 6.45) is 12.2. The van der Waals surface area contributed by atoms with Gasteiger partial charge >= 0.3 is 12.2 Å². The number of ether oxygens (including phenoxy) is 2. The maximum Gasteiger partial charge on any atom is 0.410 e. The van der Waals surface area contributed by atoms with Crippen LogP contribution in [0.3, 0.4) is 0 Å². The minimum Gasteiger partial charge on any atom is -0.444 e. The lowest BCUT2D eigenvalue weighted by Gasteiger charge is -2.37. The van der Waals surface area contributed by atoms with Crippen LogP contribution in [0, 0.1) is 10.8 Å². The number of nitrogens with zero attached hydrogens (tertiary/aromatic N) is 3. The van der Waals surface area contributed by atoms with E-state index in [0.717, 1.165) is 47.9 Å². The molecule has 5 N–H and O–H groups in total. The summed E-state index contributed by atoms with van der Waals surface area (Å²) in [5.74, 6) is -3.21. The summed E-state index contributed by atoms with van der Waals surface area (Å²) >= 11 is 0. The molecule has 18 heteroatoms. The molecule has 456 valence electrons. The average Bonchev–Trinajstić information content (AvgIpc) is 3.69. The van der Waals surface area contributed by atoms with Crippen LogP contribution in [0.2, 0.25) is 0 Å². The van der Waals surface area contributed by atoms with E-state index in [1.807, 2.05) is 87.5 Å². The molecule has 3 aliphatic rings. The number of carbonyl (C=O) groups is 8. The number of carbonyl (C=O) groups excluding carboxylic acids is 8. The lowest BCUT2D eigenvalue weighted by molar-refractivity contribution is -0.144. The molecule has 0 unspecified atom stereocenters. The molecule has 0 spiro atoms.